The lowest BCUT2D eigenvalue weighted by atomic mass is 10.2. The monoisotopic (exact) mass is 338 g/mol. The highest BCUT2D eigenvalue weighted by atomic mass is 16.7. The van der Waals surface area contributed by atoms with E-state index >= 15 is 0 Å². The van der Waals surface area contributed by atoms with Crippen molar-refractivity contribution in [1.29, 1.82) is 0 Å². The largest absolute Gasteiger partial charge is 0.493 e. The molecular weight excluding hydrogens is 324 g/mol. The minimum Gasteiger partial charge on any atom is -0.493 e. The maximum atomic E-state index is 12.2. The van der Waals surface area contributed by atoms with Crippen LogP contribution in [0.25, 0.3) is 11.0 Å². The fourth-order valence-electron chi connectivity index (χ4n) is 2.52. The van der Waals surface area contributed by atoms with Gasteiger partial charge in [0, 0.05) is 5.39 Å². The zero-order valence-electron chi connectivity index (χ0n) is 13.3. The molecule has 1 aliphatic rings. The first-order chi connectivity index (χ1) is 12.2. The Morgan fingerprint density at radius 3 is 2.96 bits per heavy atom. The molecule has 4 rings (SSSR count). The Morgan fingerprint density at radius 1 is 1.20 bits per heavy atom. The topological polar surface area (TPSA) is 82.3 Å². The van der Waals surface area contributed by atoms with Crippen molar-refractivity contribution in [1.82, 2.24) is 5.43 Å². The molecule has 1 amide bonds. The van der Waals surface area contributed by atoms with E-state index in [1.807, 2.05) is 18.2 Å². The zero-order valence-corrected chi connectivity index (χ0v) is 13.3. The lowest BCUT2D eigenvalue weighted by Gasteiger charge is -1.99. The van der Waals surface area contributed by atoms with Crippen molar-refractivity contribution < 1.29 is 23.4 Å². The summed E-state index contributed by atoms with van der Waals surface area (Å²) < 4.78 is 21.3. The van der Waals surface area contributed by atoms with Gasteiger partial charge in [0.25, 0.3) is 0 Å². The number of nitrogens with zero attached hydrogens (tertiary/aromatic N) is 1. The summed E-state index contributed by atoms with van der Waals surface area (Å²) in [5.41, 5.74) is 3.73. The number of carbonyl (C=O) groups excluding carboxylic acids is 1. The molecule has 0 spiro atoms. The summed E-state index contributed by atoms with van der Waals surface area (Å²) in [6.45, 7) is 0.210. The van der Waals surface area contributed by atoms with E-state index in [1.165, 1.54) is 6.21 Å². The van der Waals surface area contributed by atoms with Crippen LogP contribution in [-0.4, -0.2) is 26.0 Å². The van der Waals surface area contributed by atoms with Gasteiger partial charge in [-0.25, -0.2) is 5.43 Å². The van der Waals surface area contributed by atoms with E-state index in [0.717, 1.165) is 10.9 Å². The van der Waals surface area contributed by atoms with Crippen LogP contribution in [0.3, 0.4) is 0 Å². The molecule has 7 nitrogen and oxygen atoms in total. The van der Waals surface area contributed by atoms with Crippen LogP contribution >= 0.6 is 0 Å². The number of methoxy groups -OCH3 is 1. The molecule has 3 aromatic rings. The predicted octanol–water partition coefficient (Wildman–Crippen LogP) is 2.93. The maximum absolute atomic E-state index is 12.2. The molecule has 0 unspecified atom stereocenters. The Hall–Kier alpha value is -3.48. The standard InChI is InChI=1S/C18H14N2O5/c1-22-14-4-2-3-12-8-16(25-17(12)14)18(21)20-19-9-11-5-6-13-15(7-11)24-10-23-13/h2-9H,10H2,1H3,(H,20,21)/b19-9-. The summed E-state index contributed by atoms with van der Waals surface area (Å²) in [7, 11) is 1.55. The SMILES string of the molecule is COc1cccc2cc(C(=O)N/N=C\c3ccc4c(c3)OCO4)oc12. The predicted molar refractivity (Wildman–Crippen MR) is 90.4 cm³/mol. The highest BCUT2D eigenvalue weighted by molar-refractivity contribution is 5.97. The van der Waals surface area contributed by atoms with Gasteiger partial charge in [-0.05, 0) is 35.9 Å². The van der Waals surface area contributed by atoms with Gasteiger partial charge in [-0.3, -0.25) is 4.79 Å². The Balaban J connectivity index is 1.48. The number of furan rings is 1. The number of para-hydroxylation sites is 1. The molecule has 0 radical (unpaired) electrons. The molecule has 7 heteroatoms. The number of ether oxygens (including phenoxy) is 3. The molecule has 0 bridgehead atoms. The van der Waals surface area contributed by atoms with Crippen LogP contribution < -0.4 is 19.6 Å². The van der Waals surface area contributed by atoms with Crippen LogP contribution in [-0.2, 0) is 0 Å². The summed E-state index contributed by atoms with van der Waals surface area (Å²) in [6, 6.07) is 12.5. The van der Waals surface area contributed by atoms with Crippen LogP contribution in [0.2, 0.25) is 0 Å². The van der Waals surface area contributed by atoms with Gasteiger partial charge in [0.15, 0.2) is 28.6 Å². The first-order valence-corrected chi connectivity index (χ1v) is 7.54. The molecule has 25 heavy (non-hydrogen) atoms. The Bertz CT molecular complexity index is 977. The average molecular weight is 338 g/mol. The summed E-state index contributed by atoms with van der Waals surface area (Å²) in [6.07, 6.45) is 1.52. The van der Waals surface area contributed by atoms with Crippen molar-refractivity contribution >= 4 is 23.1 Å². The second-order valence-electron chi connectivity index (χ2n) is 5.30. The number of amides is 1. The van der Waals surface area contributed by atoms with E-state index in [9.17, 15) is 4.79 Å². The number of nitrogens with one attached hydrogen (secondary N) is 1. The Kier molecular flexibility index (Phi) is 3.74. The van der Waals surface area contributed by atoms with Crippen molar-refractivity contribution in [2.24, 2.45) is 5.10 Å². The van der Waals surface area contributed by atoms with Gasteiger partial charge < -0.3 is 18.6 Å². The van der Waals surface area contributed by atoms with Gasteiger partial charge in [-0.15, -0.1) is 0 Å². The molecule has 1 aromatic heterocycles. The molecule has 0 aliphatic carbocycles. The van der Waals surface area contributed by atoms with Crippen molar-refractivity contribution in [3.05, 3.63) is 53.8 Å². The van der Waals surface area contributed by atoms with Crippen LogP contribution in [0, 0.1) is 0 Å². The molecule has 1 N–H and O–H groups in total. The van der Waals surface area contributed by atoms with E-state index in [0.29, 0.717) is 22.8 Å². The average Bonchev–Trinajstić information content (AvgIpc) is 3.27. The van der Waals surface area contributed by atoms with Gasteiger partial charge in [0.1, 0.15) is 0 Å². The molecule has 126 valence electrons. The highest BCUT2D eigenvalue weighted by Crippen LogP contribution is 2.32. The summed E-state index contributed by atoms with van der Waals surface area (Å²) >= 11 is 0. The van der Waals surface area contributed by atoms with Crippen LogP contribution in [0.4, 0.5) is 0 Å². The molecule has 0 saturated heterocycles. The van der Waals surface area contributed by atoms with Crippen molar-refractivity contribution in [2.45, 2.75) is 0 Å². The zero-order chi connectivity index (χ0) is 17.2. The molecule has 0 atom stereocenters. The van der Waals surface area contributed by atoms with E-state index in [4.69, 9.17) is 18.6 Å². The minimum atomic E-state index is -0.449. The molecule has 2 heterocycles. The smallest absolute Gasteiger partial charge is 0.307 e. The maximum Gasteiger partial charge on any atom is 0.307 e. The van der Waals surface area contributed by atoms with Crippen molar-refractivity contribution in [2.75, 3.05) is 13.9 Å². The van der Waals surface area contributed by atoms with E-state index in [1.54, 1.807) is 31.4 Å². The van der Waals surface area contributed by atoms with Crippen LogP contribution in [0.5, 0.6) is 17.2 Å². The molecule has 0 fully saturated rings. The first-order valence-electron chi connectivity index (χ1n) is 7.54. The number of benzene rings is 2. The van der Waals surface area contributed by atoms with Gasteiger partial charge in [0.2, 0.25) is 6.79 Å². The van der Waals surface area contributed by atoms with Gasteiger partial charge in [0.05, 0.1) is 13.3 Å². The Labute approximate surface area is 142 Å². The van der Waals surface area contributed by atoms with Gasteiger partial charge in [-0.2, -0.15) is 5.10 Å². The summed E-state index contributed by atoms with van der Waals surface area (Å²) in [5, 5.41) is 4.73. The van der Waals surface area contributed by atoms with Crippen LogP contribution in [0.15, 0.2) is 52.0 Å². The van der Waals surface area contributed by atoms with Crippen molar-refractivity contribution in [3.8, 4) is 17.2 Å². The summed E-state index contributed by atoms with van der Waals surface area (Å²) in [5.74, 6) is 1.62. The number of hydrazone groups is 1. The number of hydrogen-bond donors (Lipinski definition) is 1. The fraction of sp³-hybridized carbons (Fsp3) is 0.111. The van der Waals surface area contributed by atoms with Gasteiger partial charge in [-0.1, -0.05) is 12.1 Å². The van der Waals surface area contributed by atoms with Crippen molar-refractivity contribution in [3.63, 3.8) is 0 Å². The normalized spacial score (nSPS) is 12.7. The minimum absolute atomic E-state index is 0.155. The Morgan fingerprint density at radius 2 is 2.08 bits per heavy atom. The lowest BCUT2D eigenvalue weighted by molar-refractivity contribution is 0.0929. The number of rotatable bonds is 4. The lowest BCUT2D eigenvalue weighted by Crippen LogP contribution is -2.16. The molecule has 0 saturated carbocycles. The molecular formula is C18H14N2O5. The third-order valence-corrected chi connectivity index (χ3v) is 3.73. The second kappa shape index (κ2) is 6.20. The van der Waals surface area contributed by atoms with E-state index < -0.39 is 5.91 Å². The number of fused-ring (bicyclic) bond motifs is 2. The molecule has 2 aromatic carbocycles. The van der Waals surface area contributed by atoms with Gasteiger partial charge >= 0.3 is 5.91 Å². The van der Waals surface area contributed by atoms with E-state index in [-0.39, 0.29) is 12.6 Å². The number of hydrogen-bond acceptors (Lipinski definition) is 6. The third-order valence-electron chi connectivity index (χ3n) is 3.73. The quantitative estimate of drug-likeness (QED) is 0.584. The third kappa shape index (κ3) is 2.87. The number of carbonyl (C=O) groups is 1. The highest BCUT2D eigenvalue weighted by Gasteiger charge is 2.15. The molecule has 1 aliphatic heterocycles. The van der Waals surface area contributed by atoms with Crippen LogP contribution in [0.1, 0.15) is 16.1 Å². The second-order valence-corrected chi connectivity index (χ2v) is 5.30. The first kappa shape index (κ1) is 15.1. The fourth-order valence-corrected chi connectivity index (χ4v) is 2.52. The summed E-state index contributed by atoms with van der Waals surface area (Å²) in [4.78, 5) is 12.2. The van der Waals surface area contributed by atoms with E-state index in [2.05, 4.69) is 10.5 Å².